The van der Waals surface area contributed by atoms with Gasteiger partial charge in [0.15, 0.2) is 11.5 Å². The molecule has 0 aliphatic carbocycles. The van der Waals surface area contributed by atoms with Crippen LogP contribution in [0.2, 0.25) is 0 Å². The summed E-state index contributed by atoms with van der Waals surface area (Å²) in [6.07, 6.45) is 2.91. The first-order chi connectivity index (χ1) is 7.68. The second-order valence-corrected chi connectivity index (χ2v) is 4.41. The van der Waals surface area contributed by atoms with E-state index in [-0.39, 0.29) is 17.6 Å². The van der Waals surface area contributed by atoms with E-state index in [0.717, 1.165) is 0 Å². The molecule has 84 valence electrons. The van der Waals surface area contributed by atoms with Crippen molar-refractivity contribution in [3.63, 3.8) is 0 Å². The highest BCUT2D eigenvalue weighted by molar-refractivity contribution is 7.13. The highest BCUT2D eigenvalue weighted by Gasteiger charge is 2.19. The Hall–Kier alpha value is -1.69. The van der Waals surface area contributed by atoms with Crippen molar-refractivity contribution < 1.29 is 9.21 Å². The number of rotatable bonds is 3. The summed E-state index contributed by atoms with van der Waals surface area (Å²) >= 11 is 1.36. The van der Waals surface area contributed by atoms with Crippen molar-refractivity contribution in [3.05, 3.63) is 29.4 Å². The molecule has 0 unspecified atom stereocenters. The molecule has 16 heavy (non-hydrogen) atoms. The Bertz CT molecular complexity index is 476. The van der Waals surface area contributed by atoms with E-state index in [1.54, 1.807) is 11.6 Å². The van der Waals surface area contributed by atoms with Crippen LogP contribution in [-0.2, 0) is 0 Å². The van der Waals surface area contributed by atoms with Crippen LogP contribution in [0.1, 0.15) is 36.0 Å². The fourth-order valence-corrected chi connectivity index (χ4v) is 1.80. The summed E-state index contributed by atoms with van der Waals surface area (Å²) in [5.74, 6) is 0.0946. The molecule has 0 aliphatic heterocycles. The minimum atomic E-state index is -0.309. The van der Waals surface area contributed by atoms with Gasteiger partial charge in [-0.25, -0.2) is 9.97 Å². The predicted molar refractivity (Wildman–Crippen MR) is 60.7 cm³/mol. The van der Waals surface area contributed by atoms with Gasteiger partial charge in [-0.05, 0) is 5.92 Å². The molecule has 0 aliphatic rings. The normalized spacial score (nSPS) is 10.7. The molecule has 0 saturated heterocycles. The lowest BCUT2D eigenvalue weighted by Gasteiger charge is -2.03. The SMILES string of the molecule is CC(C)c1ncoc1C(=O)Nc1nccs1. The quantitative estimate of drug-likeness (QED) is 0.890. The zero-order chi connectivity index (χ0) is 11.5. The van der Waals surface area contributed by atoms with E-state index in [1.165, 1.54) is 17.7 Å². The van der Waals surface area contributed by atoms with Crippen LogP contribution in [0, 0.1) is 0 Å². The molecule has 0 fully saturated rings. The van der Waals surface area contributed by atoms with Crippen molar-refractivity contribution in [1.29, 1.82) is 0 Å². The average molecular weight is 237 g/mol. The van der Waals surface area contributed by atoms with E-state index in [0.29, 0.717) is 10.8 Å². The molecule has 0 saturated carbocycles. The molecule has 6 heteroatoms. The number of hydrogen-bond acceptors (Lipinski definition) is 5. The molecule has 0 aromatic carbocycles. The maximum absolute atomic E-state index is 11.8. The number of amides is 1. The summed E-state index contributed by atoms with van der Waals surface area (Å²) in [6, 6.07) is 0. The molecule has 1 amide bonds. The van der Waals surface area contributed by atoms with E-state index >= 15 is 0 Å². The zero-order valence-corrected chi connectivity index (χ0v) is 9.75. The first kappa shape index (κ1) is 10.8. The maximum atomic E-state index is 11.8. The third kappa shape index (κ3) is 2.11. The summed E-state index contributed by atoms with van der Waals surface area (Å²) in [6.45, 7) is 3.91. The van der Waals surface area contributed by atoms with Crippen molar-refractivity contribution in [2.24, 2.45) is 0 Å². The van der Waals surface area contributed by atoms with Crippen LogP contribution in [-0.4, -0.2) is 15.9 Å². The molecule has 0 spiro atoms. The standard InChI is InChI=1S/C10H11N3O2S/c1-6(2)7-8(15-5-12-7)9(14)13-10-11-3-4-16-10/h3-6H,1-2H3,(H,11,13,14). The van der Waals surface area contributed by atoms with Gasteiger partial charge in [-0.1, -0.05) is 13.8 Å². The Labute approximate surface area is 96.5 Å². The van der Waals surface area contributed by atoms with Crippen molar-refractivity contribution in [2.45, 2.75) is 19.8 Å². The van der Waals surface area contributed by atoms with Crippen molar-refractivity contribution in [2.75, 3.05) is 5.32 Å². The summed E-state index contributed by atoms with van der Waals surface area (Å²) in [7, 11) is 0. The van der Waals surface area contributed by atoms with Gasteiger partial charge in [0.05, 0.1) is 5.69 Å². The third-order valence-corrected chi connectivity index (χ3v) is 2.69. The van der Waals surface area contributed by atoms with Gasteiger partial charge in [-0.2, -0.15) is 0 Å². The lowest BCUT2D eigenvalue weighted by Crippen LogP contribution is -2.13. The van der Waals surface area contributed by atoms with Gasteiger partial charge < -0.3 is 4.42 Å². The molecular weight excluding hydrogens is 226 g/mol. The van der Waals surface area contributed by atoms with Gasteiger partial charge in [0.2, 0.25) is 5.76 Å². The summed E-state index contributed by atoms with van der Waals surface area (Å²) in [5, 5.41) is 5.00. The summed E-state index contributed by atoms with van der Waals surface area (Å²) in [5.41, 5.74) is 0.661. The lowest BCUT2D eigenvalue weighted by molar-refractivity contribution is 0.0995. The number of thiazole rings is 1. The molecule has 0 bridgehead atoms. The molecule has 0 radical (unpaired) electrons. The number of nitrogens with zero attached hydrogens (tertiary/aromatic N) is 2. The third-order valence-electron chi connectivity index (χ3n) is 2.00. The molecule has 2 heterocycles. The Morgan fingerprint density at radius 1 is 1.50 bits per heavy atom. The van der Waals surface area contributed by atoms with Crippen LogP contribution < -0.4 is 5.32 Å². The predicted octanol–water partition coefficient (Wildman–Crippen LogP) is 2.51. The Balaban J connectivity index is 2.18. The Morgan fingerprint density at radius 3 is 2.94 bits per heavy atom. The van der Waals surface area contributed by atoms with Gasteiger partial charge in [-0.3, -0.25) is 10.1 Å². The van der Waals surface area contributed by atoms with E-state index in [1.807, 2.05) is 13.8 Å². The van der Waals surface area contributed by atoms with Gasteiger partial charge in [0, 0.05) is 11.6 Å². The molecular formula is C10H11N3O2S. The maximum Gasteiger partial charge on any atom is 0.295 e. The zero-order valence-electron chi connectivity index (χ0n) is 8.93. The molecule has 2 aromatic rings. The largest absolute Gasteiger partial charge is 0.438 e. The van der Waals surface area contributed by atoms with Crippen LogP contribution in [0.15, 0.2) is 22.4 Å². The minimum absolute atomic E-state index is 0.149. The molecule has 1 N–H and O–H groups in total. The number of aromatic nitrogens is 2. The number of oxazole rings is 1. The molecule has 0 atom stereocenters. The highest BCUT2D eigenvalue weighted by Crippen LogP contribution is 2.19. The smallest absolute Gasteiger partial charge is 0.295 e. The van der Waals surface area contributed by atoms with Crippen LogP contribution >= 0.6 is 11.3 Å². The van der Waals surface area contributed by atoms with E-state index in [2.05, 4.69) is 15.3 Å². The fourth-order valence-electron chi connectivity index (χ4n) is 1.27. The molecule has 5 nitrogen and oxygen atoms in total. The highest BCUT2D eigenvalue weighted by atomic mass is 32.1. The minimum Gasteiger partial charge on any atom is -0.438 e. The van der Waals surface area contributed by atoms with Crippen LogP contribution in [0.4, 0.5) is 5.13 Å². The summed E-state index contributed by atoms with van der Waals surface area (Å²) < 4.78 is 5.09. The van der Waals surface area contributed by atoms with Crippen molar-refractivity contribution in [3.8, 4) is 0 Å². The number of carbonyl (C=O) groups is 1. The summed E-state index contributed by atoms with van der Waals surface area (Å²) in [4.78, 5) is 19.8. The second-order valence-electron chi connectivity index (χ2n) is 3.51. The second kappa shape index (κ2) is 4.44. The number of hydrogen-bond donors (Lipinski definition) is 1. The first-order valence-corrected chi connectivity index (χ1v) is 5.70. The lowest BCUT2D eigenvalue weighted by atomic mass is 10.1. The molecule has 2 rings (SSSR count). The monoisotopic (exact) mass is 237 g/mol. The molecule has 2 aromatic heterocycles. The van der Waals surface area contributed by atoms with Crippen molar-refractivity contribution in [1.82, 2.24) is 9.97 Å². The van der Waals surface area contributed by atoms with Gasteiger partial charge in [0.25, 0.3) is 5.91 Å². The number of nitrogens with one attached hydrogen (secondary N) is 1. The fraction of sp³-hybridized carbons (Fsp3) is 0.300. The Kier molecular flexibility index (Phi) is 3.00. The van der Waals surface area contributed by atoms with Crippen LogP contribution in [0.3, 0.4) is 0 Å². The first-order valence-electron chi connectivity index (χ1n) is 4.82. The topological polar surface area (TPSA) is 68.0 Å². The Morgan fingerprint density at radius 2 is 2.31 bits per heavy atom. The van der Waals surface area contributed by atoms with Crippen LogP contribution in [0.5, 0.6) is 0 Å². The van der Waals surface area contributed by atoms with E-state index in [4.69, 9.17) is 4.42 Å². The van der Waals surface area contributed by atoms with Crippen LogP contribution in [0.25, 0.3) is 0 Å². The van der Waals surface area contributed by atoms with Gasteiger partial charge in [-0.15, -0.1) is 11.3 Å². The average Bonchev–Trinajstić information content (AvgIpc) is 2.86. The van der Waals surface area contributed by atoms with Gasteiger partial charge >= 0.3 is 0 Å². The number of anilines is 1. The number of carbonyl (C=O) groups excluding carboxylic acids is 1. The van der Waals surface area contributed by atoms with Crippen molar-refractivity contribution >= 4 is 22.4 Å². The van der Waals surface area contributed by atoms with E-state index < -0.39 is 0 Å². The van der Waals surface area contributed by atoms with Gasteiger partial charge in [0.1, 0.15) is 0 Å². The van der Waals surface area contributed by atoms with E-state index in [9.17, 15) is 4.79 Å².